The molecule has 2 nitrogen and oxygen atoms in total. The van der Waals surface area contributed by atoms with Crippen LogP contribution in [0.2, 0.25) is 0 Å². The van der Waals surface area contributed by atoms with Gasteiger partial charge in [-0.25, -0.2) is 0 Å². The van der Waals surface area contributed by atoms with Crippen LogP contribution in [0.15, 0.2) is 42.7 Å². The number of rotatable bonds is 0. The molecule has 0 amide bonds. The third-order valence-corrected chi connectivity index (χ3v) is 2.87. The Morgan fingerprint density at radius 3 is 2.80 bits per heavy atom. The molecule has 0 radical (unpaired) electrons. The van der Waals surface area contributed by atoms with Gasteiger partial charge >= 0.3 is 0 Å². The van der Waals surface area contributed by atoms with Gasteiger partial charge in [0.1, 0.15) is 0 Å². The van der Waals surface area contributed by atoms with Crippen molar-refractivity contribution in [2.24, 2.45) is 0 Å². The van der Waals surface area contributed by atoms with Crippen molar-refractivity contribution >= 4 is 5.69 Å². The van der Waals surface area contributed by atoms with Gasteiger partial charge in [-0.2, -0.15) is 0 Å². The average molecular weight is 196 g/mol. The Bertz CT molecular complexity index is 446. The lowest BCUT2D eigenvalue weighted by atomic mass is 10.0. The number of benzene rings is 1. The van der Waals surface area contributed by atoms with Crippen LogP contribution in [0.3, 0.4) is 0 Å². The van der Waals surface area contributed by atoms with E-state index >= 15 is 0 Å². The molecule has 3 rings (SSSR count). The van der Waals surface area contributed by atoms with Crippen molar-refractivity contribution < 1.29 is 0 Å². The highest BCUT2D eigenvalue weighted by molar-refractivity contribution is 5.54. The molecule has 0 aliphatic carbocycles. The maximum absolute atomic E-state index is 4.17. The number of fused-ring (bicyclic) bond motifs is 2. The predicted molar refractivity (Wildman–Crippen MR) is 60.8 cm³/mol. The minimum absolute atomic E-state index is 0.910. The highest BCUT2D eigenvalue weighted by Gasteiger charge is 2.11. The second-order valence-electron chi connectivity index (χ2n) is 3.83. The zero-order valence-electron chi connectivity index (χ0n) is 8.40. The Hall–Kier alpha value is -1.83. The zero-order chi connectivity index (χ0) is 10.1. The van der Waals surface area contributed by atoms with Crippen LogP contribution < -0.4 is 5.32 Å². The zero-order valence-corrected chi connectivity index (χ0v) is 8.40. The Labute approximate surface area is 89.0 Å². The lowest BCUT2D eigenvalue weighted by Crippen LogP contribution is -1.98. The van der Waals surface area contributed by atoms with Gasteiger partial charge in [0, 0.05) is 31.0 Å². The average Bonchev–Trinajstić information content (AvgIpc) is 2.48. The van der Waals surface area contributed by atoms with Crippen molar-refractivity contribution in [1.82, 2.24) is 4.98 Å². The SMILES string of the molecule is c1ccc2c(c1)CNc1ccncc1C2. The van der Waals surface area contributed by atoms with Crippen molar-refractivity contribution in [2.45, 2.75) is 13.0 Å². The van der Waals surface area contributed by atoms with Crippen molar-refractivity contribution in [2.75, 3.05) is 5.32 Å². The summed E-state index contributed by atoms with van der Waals surface area (Å²) in [7, 11) is 0. The van der Waals surface area contributed by atoms with Gasteiger partial charge in [0.25, 0.3) is 0 Å². The van der Waals surface area contributed by atoms with Gasteiger partial charge in [-0.05, 0) is 22.8 Å². The molecule has 15 heavy (non-hydrogen) atoms. The number of anilines is 1. The third kappa shape index (κ3) is 1.48. The van der Waals surface area contributed by atoms with Gasteiger partial charge < -0.3 is 5.32 Å². The fraction of sp³-hybridized carbons (Fsp3) is 0.154. The van der Waals surface area contributed by atoms with E-state index < -0.39 is 0 Å². The van der Waals surface area contributed by atoms with Crippen LogP contribution in [0.4, 0.5) is 5.69 Å². The lowest BCUT2D eigenvalue weighted by Gasteiger charge is -2.04. The molecule has 1 aromatic heterocycles. The first-order valence-corrected chi connectivity index (χ1v) is 5.17. The van der Waals surface area contributed by atoms with Gasteiger partial charge in [-0.15, -0.1) is 0 Å². The molecule has 2 aromatic rings. The molecule has 0 bridgehead atoms. The molecule has 0 spiro atoms. The smallest absolute Gasteiger partial charge is 0.0409 e. The Morgan fingerprint density at radius 2 is 1.87 bits per heavy atom. The first-order valence-electron chi connectivity index (χ1n) is 5.17. The van der Waals surface area contributed by atoms with Crippen LogP contribution >= 0.6 is 0 Å². The van der Waals surface area contributed by atoms with E-state index in [-0.39, 0.29) is 0 Å². The van der Waals surface area contributed by atoms with E-state index in [9.17, 15) is 0 Å². The number of nitrogens with zero attached hydrogens (tertiary/aromatic N) is 1. The van der Waals surface area contributed by atoms with E-state index in [1.165, 1.54) is 22.4 Å². The summed E-state index contributed by atoms with van der Waals surface area (Å²) >= 11 is 0. The van der Waals surface area contributed by atoms with E-state index in [0.717, 1.165) is 13.0 Å². The standard InChI is InChI=1S/C13H12N2/c1-2-4-11-9-15-13-5-6-14-8-12(13)7-10(11)3-1/h1-6,8,15H,7,9H2. The van der Waals surface area contributed by atoms with Crippen molar-refractivity contribution in [3.8, 4) is 0 Å². The number of pyridine rings is 1. The number of hydrogen-bond acceptors (Lipinski definition) is 2. The molecule has 0 saturated carbocycles. The summed E-state index contributed by atoms with van der Waals surface area (Å²) in [5.41, 5.74) is 5.27. The van der Waals surface area contributed by atoms with Gasteiger partial charge in [0.05, 0.1) is 0 Å². The number of hydrogen-bond donors (Lipinski definition) is 1. The lowest BCUT2D eigenvalue weighted by molar-refractivity contribution is 1.12. The highest BCUT2D eigenvalue weighted by atomic mass is 14.9. The van der Waals surface area contributed by atoms with Crippen LogP contribution in [0.25, 0.3) is 0 Å². The van der Waals surface area contributed by atoms with E-state index in [1.807, 2.05) is 18.5 Å². The number of nitrogens with one attached hydrogen (secondary N) is 1. The molecule has 1 aliphatic heterocycles. The Morgan fingerprint density at radius 1 is 1.00 bits per heavy atom. The van der Waals surface area contributed by atoms with Crippen molar-refractivity contribution in [3.05, 3.63) is 59.4 Å². The van der Waals surface area contributed by atoms with Gasteiger partial charge in [0.15, 0.2) is 0 Å². The first kappa shape index (κ1) is 8.48. The van der Waals surface area contributed by atoms with Crippen LogP contribution in [0.1, 0.15) is 16.7 Å². The maximum Gasteiger partial charge on any atom is 0.0409 e. The second kappa shape index (κ2) is 3.39. The summed E-state index contributed by atoms with van der Waals surface area (Å²) in [5, 5.41) is 3.44. The molecule has 0 unspecified atom stereocenters. The summed E-state index contributed by atoms with van der Waals surface area (Å²) in [6, 6.07) is 10.6. The number of aromatic nitrogens is 1. The molecular formula is C13H12N2. The fourth-order valence-electron chi connectivity index (χ4n) is 2.04. The third-order valence-electron chi connectivity index (χ3n) is 2.87. The van der Waals surface area contributed by atoms with Crippen LogP contribution in [-0.4, -0.2) is 4.98 Å². The quantitative estimate of drug-likeness (QED) is 0.700. The van der Waals surface area contributed by atoms with Gasteiger partial charge in [-0.3, -0.25) is 4.98 Å². The molecular weight excluding hydrogens is 184 g/mol. The Balaban J connectivity index is 2.10. The minimum Gasteiger partial charge on any atom is -0.381 e. The summed E-state index contributed by atoms with van der Waals surface area (Å²) in [6.07, 6.45) is 4.76. The second-order valence-corrected chi connectivity index (χ2v) is 3.83. The van der Waals surface area contributed by atoms with Crippen LogP contribution in [-0.2, 0) is 13.0 Å². The predicted octanol–water partition coefficient (Wildman–Crippen LogP) is 2.60. The van der Waals surface area contributed by atoms with Crippen molar-refractivity contribution in [3.63, 3.8) is 0 Å². The molecule has 1 N–H and O–H groups in total. The van der Waals surface area contributed by atoms with Crippen LogP contribution in [0, 0.1) is 0 Å². The molecule has 0 saturated heterocycles. The van der Waals surface area contributed by atoms with Crippen molar-refractivity contribution in [1.29, 1.82) is 0 Å². The van der Waals surface area contributed by atoms with Gasteiger partial charge in [-0.1, -0.05) is 24.3 Å². The topological polar surface area (TPSA) is 24.9 Å². The monoisotopic (exact) mass is 196 g/mol. The van der Waals surface area contributed by atoms with E-state index in [2.05, 4.69) is 34.6 Å². The van der Waals surface area contributed by atoms with E-state index in [0.29, 0.717) is 0 Å². The largest absolute Gasteiger partial charge is 0.381 e. The summed E-state index contributed by atoms with van der Waals surface area (Å²) < 4.78 is 0. The maximum atomic E-state index is 4.17. The molecule has 1 aliphatic rings. The Kier molecular flexibility index (Phi) is 1.91. The minimum atomic E-state index is 0.910. The van der Waals surface area contributed by atoms with E-state index in [4.69, 9.17) is 0 Å². The molecule has 1 aromatic carbocycles. The summed E-state index contributed by atoms with van der Waals surface area (Å²) in [5.74, 6) is 0. The molecule has 74 valence electrons. The van der Waals surface area contributed by atoms with E-state index in [1.54, 1.807) is 0 Å². The highest BCUT2D eigenvalue weighted by Crippen LogP contribution is 2.24. The normalized spacial score (nSPS) is 13.3. The molecule has 0 atom stereocenters. The summed E-state index contributed by atoms with van der Waals surface area (Å²) in [6.45, 7) is 0.910. The molecule has 2 heteroatoms. The molecule has 0 fully saturated rings. The van der Waals surface area contributed by atoms with Gasteiger partial charge in [0.2, 0.25) is 0 Å². The summed E-state index contributed by atoms with van der Waals surface area (Å²) in [4.78, 5) is 4.17. The first-order chi connectivity index (χ1) is 7.43. The molecule has 2 heterocycles. The van der Waals surface area contributed by atoms with Crippen LogP contribution in [0.5, 0.6) is 0 Å². The fourth-order valence-corrected chi connectivity index (χ4v) is 2.04.